The second-order valence-electron chi connectivity index (χ2n) is 10.1. The molecular weight excluding hydrogens is 515 g/mol. The highest BCUT2D eigenvalue weighted by Gasteiger charge is 2.30. The zero-order chi connectivity index (χ0) is 28.0. The van der Waals surface area contributed by atoms with E-state index in [9.17, 15) is 18.0 Å². The molecule has 1 N–H and O–H groups in total. The molecule has 3 aromatic carbocycles. The summed E-state index contributed by atoms with van der Waals surface area (Å²) in [6.45, 7) is 2.40. The highest BCUT2D eigenvalue weighted by molar-refractivity contribution is 5.77. The van der Waals surface area contributed by atoms with Gasteiger partial charge in [-0.05, 0) is 59.9 Å². The third-order valence-corrected chi connectivity index (χ3v) is 7.19. The summed E-state index contributed by atoms with van der Waals surface area (Å²) in [7, 11) is 0. The predicted octanol–water partition coefficient (Wildman–Crippen LogP) is 6.38. The molecule has 0 atom stereocenters. The lowest BCUT2D eigenvalue weighted by Gasteiger charge is -2.32. The first kappa shape index (κ1) is 27.7. The fourth-order valence-electron chi connectivity index (χ4n) is 5.08. The van der Waals surface area contributed by atoms with E-state index in [1.807, 2.05) is 83.7 Å². The van der Waals surface area contributed by atoms with Crippen LogP contribution in [0.5, 0.6) is 0 Å². The number of aromatic nitrogens is 1. The molecule has 0 bridgehead atoms. The third-order valence-electron chi connectivity index (χ3n) is 7.19. The molecule has 1 aliphatic rings. The Hall–Kier alpha value is -3.88. The number of hydrogen-bond donors (Lipinski definition) is 1. The van der Waals surface area contributed by atoms with Gasteiger partial charge in [0.2, 0.25) is 5.91 Å². The number of halogens is 3. The van der Waals surface area contributed by atoms with Crippen LogP contribution >= 0.6 is 0 Å². The van der Waals surface area contributed by atoms with Gasteiger partial charge >= 0.3 is 6.18 Å². The standard InChI is InChI=1S/C32H32F3N3O2/c33-32(34,35)27-11-13-29(14-12-27)38-20-15-24(22-38)21-37-18-16-28(17-19-37)36-30(39)23-40-31(25-7-3-1-4-8-25)26-9-5-2-6-10-26/h1-15,20,22,28,31H,16-19,21,23H2,(H,36,39). The van der Waals surface area contributed by atoms with E-state index < -0.39 is 11.7 Å². The number of nitrogens with one attached hydrogen (secondary N) is 1. The number of likely N-dealkylation sites (tertiary alicyclic amines) is 1. The predicted molar refractivity (Wildman–Crippen MR) is 148 cm³/mol. The molecule has 208 valence electrons. The summed E-state index contributed by atoms with van der Waals surface area (Å²) in [5.74, 6) is -0.121. The van der Waals surface area contributed by atoms with Crippen LogP contribution in [0.3, 0.4) is 0 Å². The van der Waals surface area contributed by atoms with Crippen molar-refractivity contribution >= 4 is 5.91 Å². The molecule has 5 rings (SSSR count). The van der Waals surface area contributed by atoms with Crippen LogP contribution < -0.4 is 5.32 Å². The number of piperidine rings is 1. The number of hydrogen-bond acceptors (Lipinski definition) is 3. The highest BCUT2D eigenvalue weighted by Crippen LogP contribution is 2.30. The van der Waals surface area contributed by atoms with Crippen molar-refractivity contribution in [3.63, 3.8) is 0 Å². The first-order valence-corrected chi connectivity index (χ1v) is 13.4. The summed E-state index contributed by atoms with van der Waals surface area (Å²) in [6, 6.07) is 27.0. The first-order chi connectivity index (χ1) is 19.3. The molecule has 8 heteroatoms. The molecule has 1 fully saturated rings. The van der Waals surface area contributed by atoms with Crippen molar-refractivity contribution in [1.29, 1.82) is 0 Å². The molecule has 1 aliphatic heterocycles. The average molecular weight is 548 g/mol. The number of rotatable bonds is 9. The van der Waals surface area contributed by atoms with Gasteiger partial charge in [0.1, 0.15) is 12.7 Å². The summed E-state index contributed by atoms with van der Waals surface area (Å²) < 4.78 is 46.5. The van der Waals surface area contributed by atoms with Crippen LogP contribution in [-0.2, 0) is 22.3 Å². The number of nitrogens with zero attached hydrogens (tertiary/aromatic N) is 2. The Morgan fingerprint density at radius 3 is 2.05 bits per heavy atom. The first-order valence-electron chi connectivity index (χ1n) is 13.4. The van der Waals surface area contributed by atoms with Gasteiger partial charge in [-0.25, -0.2) is 0 Å². The van der Waals surface area contributed by atoms with Crippen LogP contribution in [0, 0.1) is 0 Å². The third kappa shape index (κ3) is 7.20. The summed E-state index contributed by atoms with van der Waals surface area (Å²) in [6.07, 6.45) is 0.835. The van der Waals surface area contributed by atoms with E-state index in [1.165, 1.54) is 12.1 Å². The number of benzene rings is 3. The smallest absolute Gasteiger partial charge is 0.359 e. The minimum Gasteiger partial charge on any atom is -0.359 e. The lowest BCUT2D eigenvalue weighted by atomic mass is 10.0. The summed E-state index contributed by atoms with van der Waals surface area (Å²) >= 11 is 0. The Labute approximate surface area is 232 Å². The zero-order valence-electron chi connectivity index (χ0n) is 22.1. The van der Waals surface area contributed by atoms with E-state index in [4.69, 9.17) is 4.74 Å². The largest absolute Gasteiger partial charge is 0.416 e. The van der Waals surface area contributed by atoms with Crippen molar-refractivity contribution in [2.24, 2.45) is 0 Å². The van der Waals surface area contributed by atoms with E-state index in [0.717, 1.165) is 61.3 Å². The number of carbonyl (C=O) groups is 1. The number of carbonyl (C=O) groups excluding carboxylic acids is 1. The molecular formula is C32H32F3N3O2. The fourth-order valence-corrected chi connectivity index (χ4v) is 5.08. The SMILES string of the molecule is O=C(COC(c1ccccc1)c1ccccc1)NC1CCN(Cc2ccn(-c3ccc(C(F)(F)F)cc3)c2)CC1. The van der Waals surface area contributed by atoms with Gasteiger partial charge in [-0.3, -0.25) is 9.69 Å². The van der Waals surface area contributed by atoms with E-state index in [0.29, 0.717) is 5.69 Å². The normalized spacial score (nSPS) is 14.9. The van der Waals surface area contributed by atoms with Crippen molar-refractivity contribution in [3.8, 4) is 5.69 Å². The molecule has 1 amide bonds. The van der Waals surface area contributed by atoms with Crippen molar-refractivity contribution in [2.45, 2.75) is 37.7 Å². The Kier molecular flexibility index (Phi) is 8.67. The second-order valence-corrected chi connectivity index (χ2v) is 10.1. The van der Waals surface area contributed by atoms with Crippen LogP contribution in [0.4, 0.5) is 13.2 Å². The lowest BCUT2D eigenvalue weighted by molar-refractivity contribution is -0.137. The van der Waals surface area contributed by atoms with Crippen LogP contribution in [0.2, 0.25) is 0 Å². The highest BCUT2D eigenvalue weighted by atomic mass is 19.4. The molecule has 0 aliphatic carbocycles. The topological polar surface area (TPSA) is 46.5 Å². The van der Waals surface area contributed by atoms with Gasteiger partial charge in [-0.15, -0.1) is 0 Å². The molecule has 1 aromatic heterocycles. The monoisotopic (exact) mass is 547 g/mol. The summed E-state index contributed by atoms with van der Waals surface area (Å²) in [4.78, 5) is 15.1. The molecule has 2 heterocycles. The van der Waals surface area contributed by atoms with Crippen molar-refractivity contribution in [2.75, 3.05) is 19.7 Å². The van der Waals surface area contributed by atoms with E-state index in [2.05, 4.69) is 10.2 Å². The van der Waals surface area contributed by atoms with Gasteiger partial charge in [0, 0.05) is 43.8 Å². The van der Waals surface area contributed by atoms with Crippen LogP contribution in [-0.4, -0.2) is 41.1 Å². The Bertz CT molecular complexity index is 1320. The van der Waals surface area contributed by atoms with Crippen molar-refractivity contribution in [3.05, 3.63) is 126 Å². The van der Waals surface area contributed by atoms with E-state index in [1.54, 1.807) is 0 Å². The van der Waals surface area contributed by atoms with Gasteiger partial charge < -0.3 is 14.6 Å². The molecule has 0 spiro atoms. The number of alkyl halides is 3. The Morgan fingerprint density at radius 2 is 1.48 bits per heavy atom. The van der Waals surface area contributed by atoms with Gasteiger partial charge in [0.25, 0.3) is 0 Å². The molecule has 0 unspecified atom stereocenters. The van der Waals surface area contributed by atoms with E-state index in [-0.39, 0.29) is 24.7 Å². The number of ether oxygens (including phenoxy) is 1. The second kappa shape index (κ2) is 12.5. The Morgan fingerprint density at radius 1 is 0.875 bits per heavy atom. The van der Waals surface area contributed by atoms with Crippen LogP contribution in [0.25, 0.3) is 5.69 Å². The summed E-state index contributed by atoms with van der Waals surface area (Å²) in [5, 5.41) is 3.13. The average Bonchev–Trinajstić information content (AvgIpc) is 3.43. The summed E-state index contributed by atoms with van der Waals surface area (Å²) in [5.41, 5.74) is 3.12. The maximum Gasteiger partial charge on any atom is 0.416 e. The maximum absolute atomic E-state index is 12.8. The van der Waals surface area contributed by atoms with Gasteiger partial charge in [-0.1, -0.05) is 60.7 Å². The lowest BCUT2D eigenvalue weighted by Crippen LogP contribution is -2.45. The molecule has 0 radical (unpaired) electrons. The minimum atomic E-state index is -4.34. The molecule has 5 nitrogen and oxygen atoms in total. The zero-order valence-corrected chi connectivity index (χ0v) is 22.1. The fraction of sp³-hybridized carbons (Fsp3) is 0.281. The van der Waals surface area contributed by atoms with Gasteiger partial charge in [0.15, 0.2) is 0 Å². The maximum atomic E-state index is 12.8. The van der Waals surface area contributed by atoms with Gasteiger partial charge in [-0.2, -0.15) is 13.2 Å². The molecule has 4 aromatic rings. The van der Waals surface area contributed by atoms with Crippen molar-refractivity contribution < 1.29 is 22.7 Å². The van der Waals surface area contributed by atoms with E-state index >= 15 is 0 Å². The minimum absolute atomic E-state index is 0.0217. The quantitative estimate of drug-likeness (QED) is 0.264. The van der Waals surface area contributed by atoms with Gasteiger partial charge in [0.05, 0.1) is 5.56 Å². The van der Waals surface area contributed by atoms with Crippen molar-refractivity contribution in [1.82, 2.24) is 14.8 Å². The molecule has 0 saturated carbocycles. The Balaban J connectivity index is 1.08. The number of amides is 1. The molecule has 40 heavy (non-hydrogen) atoms. The molecule has 1 saturated heterocycles. The van der Waals surface area contributed by atoms with Crippen LogP contribution in [0.15, 0.2) is 103 Å². The van der Waals surface area contributed by atoms with Crippen LogP contribution in [0.1, 0.15) is 41.2 Å².